The van der Waals surface area contributed by atoms with Gasteiger partial charge in [0.1, 0.15) is 6.10 Å². The van der Waals surface area contributed by atoms with Gasteiger partial charge in [-0.15, -0.1) is 0 Å². The minimum Gasteiger partial charge on any atom is -0.481 e. The van der Waals surface area contributed by atoms with Crippen LogP contribution in [0.4, 0.5) is 0 Å². The molecule has 0 bridgehead atoms. The molecule has 35 heavy (non-hydrogen) atoms. The zero-order valence-electron chi connectivity index (χ0n) is 23.5. The molecule has 0 radical (unpaired) electrons. The predicted octanol–water partition coefficient (Wildman–Crippen LogP) is 9.49. The highest BCUT2D eigenvalue weighted by Gasteiger charge is 2.37. The highest BCUT2D eigenvalue weighted by Crippen LogP contribution is 2.32. The molecule has 0 aliphatic heterocycles. The first-order valence-electron chi connectivity index (χ1n) is 15.4. The Kier molecular flexibility index (Phi) is 19.2. The molecule has 0 amide bonds. The number of ether oxygens (including phenoxy) is 1. The Bertz CT molecular complexity index is 530. The maximum atomic E-state index is 13.0. The molecular weight excluding hydrogens is 436 g/mol. The van der Waals surface area contributed by atoms with Crippen molar-refractivity contribution in [1.29, 1.82) is 0 Å². The largest absolute Gasteiger partial charge is 0.481 e. The van der Waals surface area contributed by atoms with Crippen molar-refractivity contribution in [3.63, 3.8) is 0 Å². The Morgan fingerprint density at radius 2 is 1.11 bits per heavy atom. The van der Waals surface area contributed by atoms with Gasteiger partial charge in [0.2, 0.25) is 0 Å². The van der Waals surface area contributed by atoms with E-state index in [1.54, 1.807) is 0 Å². The zero-order chi connectivity index (χ0) is 25.7. The Labute approximate surface area is 217 Å². The van der Waals surface area contributed by atoms with Crippen molar-refractivity contribution in [2.24, 2.45) is 17.8 Å². The van der Waals surface area contributed by atoms with Crippen LogP contribution in [-0.4, -0.2) is 23.1 Å². The summed E-state index contributed by atoms with van der Waals surface area (Å²) in [4.78, 5) is 24.6. The van der Waals surface area contributed by atoms with E-state index < -0.39 is 17.8 Å². The smallest absolute Gasteiger partial charge is 0.310 e. The van der Waals surface area contributed by atoms with Crippen molar-refractivity contribution in [3.05, 3.63) is 0 Å². The first kappa shape index (κ1) is 32.0. The molecule has 3 unspecified atom stereocenters. The first-order chi connectivity index (χ1) is 17.0. The maximum absolute atomic E-state index is 13.0. The molecule has 206 valence electrons. The lowest BCUT2D eigenvalue weighted by Gasteiger charge is -2.29. The number of rotatable bonds is 22. The van der Waals surface area contributed by atoms with Crippen molar-refractivity contribution in [1.82, 2.24) is 0 Å². The van der Waals surface area contributed by atoms with E-state index in [0.29, 0.717) is 12.8 Å². The molecule has 1 fully saturated rings. The quantitative estimate of drug-likeness (QED) is 0.120. The van der Waals surface area contributed by atoms with Crippen molar-refractivity contribution in [2.45, 2.75) is 168 Å². The number of hydrogen-bond acceptors (Lipinski definition) is 3. The molecule has 1 aliphatic rings. The number of aliphatic carboxylic acids is 1. The summed E-state index contributed by atoms with van der Waals surface area (Å²) in [5.74, 6) is -1.27. The van der Waals surface area contributed by atoms with Crippen LogP contribution in [0, 0.1) is 17.8 Å². The summed E-state index contributed by atoms with van der Waals surface area (Å²) < 4.78 is 6.01. The first-order valence-corrected chi connectivity index (χ1v) is 15.4. The molecule has 0 aromatic rings. The molecule has 1 N–H and O–H groups in total. The van der Waals surface area contributed by atoms with Gasteiger partial charge in [-0.25, -0.2) is 0 Å². The van der Waals surface area contributed by atoms with Crippen LogP contribution in [0.15, 0.2) is 0 Å². The average molecular weight is 495 g/mol. The minimum atomic E-state index is -0.834. The Morgan fingerprint density at radius 3 is 1.57 bits per heavy atom. The van der Waals surface area contributed by atoms with Crippen LogP contribution >= 0.6 is 0 Å². The zero-order valence-corrected chi connectivity index (χ0v) is 23.5. The Hall–Kier alpha value is -1.06. The minimum absolute atomic E-state index is 0.0370. The molecule has 3 atom stereocenters. The molecule has 0 aromatic heterocycles. The summed E-state index contributed by atoms with van der Waals surface area (Å²) in [6.45, 7) is 6.85. The maximum Gasteiger partial charge on any atom is 0.310 e. The summed E-state index contributed by atoms with van der Waals surface area (Å²) >= 11 is 0. The topological polar surface area (TPSA) is 63.6 Å². The van der Waals surface area contributed by atoms with E-state index in [4.69, 9.17) is 4.74 Å². The van der Waals surface area contributed by atoms with Gasteiger partial charge in [-0.05, 0) is 44.4 Å². The fourth-order valence-electron chi connectivity index (χ4n) is 5.54. The van der Waals surface area contributed by atoms with Gasteiger partial charge < -0.3 is 9.84 Å². The van der Waals surface area contributed by atoms with E-state index >= 15 is 0 Å². The molecule has 4 heteroatoms. The lowest BCUT2D eigenvalue weighted by atomic mass is 9.79. The number of carbonyl (C=O) groups is 2. The number of unbranched alkanes of at least 4 members (excludes halogenated alkanes) is 13. The van der Waals surface area contributed by atoms with Crippen LogP contribution in [0.1, 0.15) is 162 Å². The van der Waals surface area contributed by atoms with Crippen LogP contribution in [0.5, 0.6) is 0 Å². The lowest BCUT2D eigenvalue weighted by molar-refractivity contribution is -0.164. The third-order valence-electron chi connectivity index (χ3n) is 7.86. The fourth-order valence-corrected chi connectivity index (χ4v) is 5.54. The van der Waals surface area contributed by atoms with Crippen molar-refractivity contribution < 1.29 is 19.4 Å². The van der Waals surface area contributed by atoms with E-state index in [1.165, 1.54) is 89.9 Å². The van der Waals surface area contributed by atoms with Gasteiger partial charge >= 0.3 is 11.9 Å². The van der Waals surface area contributed by atoms with Gasteiger partial charge in [-0.1, -0.05) is 124 Å². The van der Waals surface area contributed by atoms with E-state index in [-0.39, 0.29) is 12.1 Å². The Balaban J connectivity index is 2.38. The summed E-state index contributed by atoms with van der Waals surface area (Å²) in [6.07, 6.45) is 25.4. The van der Waals surface area contributed by atoms with E-state index in [2.05, 4.69) is 20.8 Å². The molecule has 1 rings (SSSR count). The number of carboxylic acid groups (broad SMARTS) is 1. The van der Waals surface area contributed by atoms with Gasteiger partial charge in [-0.2, -0.15) is 0 Å². The van der Waals surface area contributed by atoms with Gasteiger partial charge in [-0.3, -0.25) is 9.59 Å². The lowest BCUT2D eigenvalue weighted by Crippen LogP contribution is -2.35. The molecule has 0 spiro atoms. The molecular formula is C31H58O4. The second-order valence-electron chi connectivity index (χ2n) is 11.6. The molecule has 1 aliphatic carbocycles. The average Bonchev–Trinajstić information content (AvgIpc) is 2.84. The van der Waals surface area contributed by atoms with Gasteiger partial charge in [0.15, 0.2) is 0 Å². The van der Waals surface area contributed by atoms with Crippen LogP contribution in [0.3, 0.4) is 0 Å². The van der Waals surface area contributed by atoms with Crippen LogP contribution < -0.4 is 0 Å². The van der Waals surface area contributed by atoms with Crippen LogP contribution in [0.2, 0.25) is 0 Å². The number of carbonyl (C=O) groups excluding carboxylic acids is 1. The van der Waals surface area contributed by atoms with E-state index in [9.17, 15) is 14.7 Å². The second-order valence-corrected chi connectivity index (χ2v) is 11.6. The fraction of sp³-hybridized carbons (Fsp3) is 0.935. The highest BCUT2D eigenvalue weighted by molar-refractivity contribution is 5.81. The third-order valence-corrected chi connectivity index (χ3v) is 7.86. The van der Waals surface area contributed by atoms with Gasteiger partial charge in [0.25, 0.3) is 0 Å². The molecule has 0 saturated heterocycles. The predicted molar refractivity (Wildman–Crippen MR) is 147 cm³/mol. The SMILES string of the molecule is CCCCCCCCCCC(CCCCCCCCCC(C)C)OC(=O)C1CCCCC1C(=O)O. The third kappa shape index (κ3) is 16.3. The van der Waals surface area contributed by atoms with Crippen LogP contribution in [0.25, 0.3) is 0 Å². The summed E-state index contributed by atoms with van der Waals surface area (Å²) in [6, 6.07) is 0. The number of esters is 1. The summed E-state index contributed by atoms with van der Waals surface area (Å²) in [5, 5.41) is 9.57. The molecule has 0 aromatic carbocycles. The summed E-state index contributed by atoms with van der Waals surface area (Å²) in [5.41, 5.74) is 0. The van der Waals surface area contributed by atoms with Crippen molar-refractivity contribution in [3.8, 4) is 0 Å². The monoisotopic (exact) mass is 494 g/mol. The number of hydrogen-bond donors (Lipinski definition) is 1. The molecule has 1 saturated carbocycles. The van der Waals surface area contributed by atoms with Gasteiger partial charge in [0.05, 0.1) is 11.8 Å². The van der Waals surface area contributed by atoms with Crippen molar-refractivity contribution >= 4 is 11.9 Å². The standard InChI is InChI=1S/C31H58O4/c1-4-5-6-7-8-11-14-17-22-27(23-18-15-12-9-10-13-16-21-26(2)3)35-31(34)29-25-20-19-24-28(29)30(32)33/h26-29H,4-25H2,1-3H3,(H,32,33). The second kappa shape index (κ2) is 21.1. The number of carboxylic acids is 1. The van der Waals surface area contributed by atoms with E-state index in [0.717, 1.165) is 44.4 Å². The summed E-state index contributed by atoms with van der Waals surface area (Å²) in [7, 11) is 0. The van der Waals surface area contributed by atoms with E-state index in [1.807, 2.05) is 0 Å². The highest BCUT2D eigenvalue weighted by atomic mass is 16.5. The van der Waals surface area contributed by atoms with Crippen molar-refractivity contribution in [2.75, 3.05) is 0 Å². The van der Waals surface area contributed by atoms with Crippen LogP contribution in [-0.2, 0) is 14.3 Å². The normalized spacial score (nSPS) is 19.1. The molecule has 4 nitrogen and oxygen atoms in total. The molecule has 0 heterocycles. The Morgan fingerprint density at radius 1 is 0.686 bits per heavy atom. The van der Waals surface area contributed by atoms with Gasteiger partial charge in [0, 0.05) is 0 Å².